The molecule has 0 unspecified atom stereocenters. The largest absolute Gasteiger partial charge is 0.342 e. The minimum Gasteiger partial charge on any atom is -0.342 e. The molecule has 0 aliphatic heterocycles. The number of thioether (sulfide) groups is 1. The molecule has 0 aliphatic carbocycles. The Labute approximate surface area is 221 Å². The number of anilines is 1. The predicted octanol–water partition coefficient (Wildman–Crippen LogP) is 6.10. The highest BCUT2D eigenvalue weighted by Gasteiger charge is 2.27. The van der Waals surface area contributed by atoms with Crippen LogP contribution in [0.3, 0.4) is 0 Å². The fourth-order valence-electron chi connectivity index (χ4n) is 3.76. The molecular formula is C27H32ClN5O2S. The molecule has 0 radical (unpaired) electrons. The number of hydrogen-bond acceptors (Lipinski definition) is 5. The number of halogens is 1. The van der Waals surface area contributed by atoms with Gasteiger partial charge in [-0.25, -0.2) is 0 Å². The SMILES string of the molecule is C=CCn1c(SCC(=O)Nc2ccccc2C(C)C)nnc1[C@H](NC(=O)c1ccccc1Cl)C(C)C. The third kappa shape index (κ3) is 6.77. The van der Waals surface area contributed by atoms with Crippen LogP contribution in [0, 0.1) is 5.92 Å². The Balaban J connectivity index is 1.77. The van der Waals surface area contributed by atoms with Gasteiger partial charge >= 0.3 is 0 Å². The first-order chi connectivity index (χ1) is 17.2. The maximum Gasteiger partial charge on any atom is 0.253 e. The molecule has 1 aromatic heterocycles. The van der Waals surface area contributed by atoms with Crippen molar-refractivity contribution in [3.05, 3.63) is 83.2 Å². The summed E-state index contributed by atoms with van der Waals surface area (Å²) < 4.78 is 1.88. The number of para-hydroxylation sites is 1. The van der Waals surface area contributed by atoms with E-state index in [2.05, 4.69) is 41.3 Å². The van der Waals surface area contributed by atoms with Gasteiger partial charge in [-0.2, -0.15) is 0 Å². The van der Waals surface area contributed by atoms with E-state index in [4.69, 9.17) is 11.6 Å². The average molecular weight is 526 g/mol. The average Bonchev–Trinajstić information content (AvgIpc) is 3.23. The van der Waals surface area contributed by atoms with E-state index in [1.165, 1.54) is 11.8 Å². The van der Waals surface area contributed by atoms with Crippen LogP contribution in [0.5, 0.6) is 0 Å². The van der Waals surface area contributed by atoms with Gasteiger partial charge in [-0.05, 0) is 35.6 Å². The van der Waals surface area contributed by atoms with Crippen molar-refractivity contribution in [2.45, 2.75) is 51.4 Å². The smallest absolute Gasteiger partial charge is 0.253 e. The standard InChI is InChI=1S/C27H32ClN5O2S/c1-6-15-33-25(24(18(4)5)30-26(35)20-12-7-9-13-21(20)28)31-32-27(33)36-16-23(34)29-22-14-10-8-11-19(22)17(2)3/h6-14,17-18,24H,1,15-16H2,2-5H3,(H,29,34)(H,30,35)/t24-/m1/s1. The van der Waals surface area contributed by atoms with Crippen LogP contribution >= 0.6 is 23.4 Å². The summed E-state index contributed by atoms with van der Waals surface area (Å²) in [5.74, 6) is 0.665. The molecule has 2 amide bonds. The van der Waals surface area contributed by atoms with Gasteiger partial charge in [0.05, 0.1) is 22.4 Å². The van der Waals surface area contributed by atoms with Crippen LogP contribution in [0.2, 0.25) is 5.02 Å². The van der Waals surface area contributed by atoms with Crippen LogP contribution in [-0.4, -0.2) is 32.3 Å². The monoisotopic (exact) mass is 525 g/mol. The number of benzene rings is 2. The Morgan fingerprint density at radius 1 is 1.08 bits per heavy atom. The minimum absolute atomic E-state index is 0.0258. The summed E-state index contributed by atoms with van der Waals surface area (Å²) in [6.45, 7) is 12.5. The summed E-state index contributed by atoms with van der Waals surface area (Å²) in [5, 5.41) is 15.7. The van der Waals surface area contributed by atoms with E-state index in [0.29, 0.717) is 34.0 Å². The Hall–Kier alpha value is -3.10. The second-order valence-corrected chi connectivity index (χ2v) is 10.3. The lowest BCUT2D eigenvalue weighted by atomic mass is 10.0. The lowest BCUT2D eigenvalue weighted by molar-refractivity contribution is -0.113. The highest BCUT2D eigenvalue weighted by atomic mass is 35.5. The van der Waals surface area contributed by atoms with Crippen LogP contribution < -0.4 is 10.6 Å². The zero-order valence-corrected chi connectivity index (χ0v) is 22.6. The molecule has 3 aromatic rings. The molecule has 2 aromatic carbocycles. The highest BCUT2D eigenvalue weighted by Crippen LogP contribution is 2.27. The normalized spacial score (nSPS) is 12.0. The number of nitrogens with one attached hydrogen (secondary N) is 2. The number of carbonyl (C=O) groups is 2. The quantitative estimate of drug-likeness (QED) is 0.233. The second kappa shape index (κ2) is 12.7. The van der Waals surface area contributed by atoms with Crippen molar-refractivity contribution in [3.8, 4) is 0 Å². The first-order valence-corrected chi connectivity index (χ1v) is 13.2. The van der Waals surface area contributed by atoms with Gasteiger partial charge in [-0.3, -0.25) is 9.59 Å². The molecule has 3 rings (SSSR count). The number of hydrogen-bond donors (Lipinski definition) is 2. The third-order valence-electron chi connectivity index (χ3n) is 5.60. The fourth-order valence-corrected chi connectivity index (χ4v) is 4.74. The zero-order chi connectivity index (χ0) is 26.2. The Morgan fingerprint density at radius 2 is 1.78 bits per heavy atom. The first-order valence-electron chi connectivity index (χ1n) is 11.8. The summed E-state index contributed by atoms with van der Waals surface area (Å²) in [7, 11) is 0. The number of aromatic nitrogens is 3. The second-order valence-electron chi connectivity index (χ2n) is 8.99. The summed E-state index contributed by atoms with van der Waals surface area (Å²) in [6.07, 6.45) is 1.74. The Kier molecular flexibility index (Phi) is 9.73. The lowest BCUT2D eigenvalue weighted by Crippen LogP contribution is -2.34. The molecule has 0 saturated heterocycles. The minimum atomic E-state index is -0.415. The molecule has 7 nitrogen and oxygen atoms in total. The van der Waals surface area contributed by atoms with Gasteiger partial charge in [0.15, 0.2) is 11.0 Å². The molecule has 0 aliphatic rings. The van der Waals surface area contributed by atoms with Crippen molar-refractivity contribution in [1.82, 2.24) is 20.1 Å². The number of carbonyl (C=O) groups excluding carboxylic acids is 2. The van der Waals surface area contributed by atoms with Gasteiger partial charge < -0.3 is 15.2 Å². The summed E-state index contributed by atoms with van der Waals surface area (Å²) in [4.78, 5) is 25.7. The molecule has 0 fully saturated rings. The molecule has 0 spiro atoms. The van der Waals surface area contributed by atoms with Gasteiger partial charge in [0.1, 0.15) is 0 Å². The van der Waals surface area contributed by atoms with E-state index in [1.54, 1.807) is 30.3 Å². The van der Waals surface area contributed by atoms with Crippen molar-refractivity contribution in [3.63, 3.8) is 0 Å². The van der Waals surface area contributed by atoms with Gasteiger partial charge in [0.2, 0.25) is 5.91 Å². The molecule has 1 atom stereocenters. The van der Waals surface area contributed by atoms with E-state index < -0.39 is 6.04 Å². The van der Waals surface area contributed by atoms with Crippen molar-refractivity contribution in [2.24, 2.45) is 5.92 Å². The number of amides is 2. The van der Waals surface area contributed by atoms with E-state index in [9.17, 15) is 9.59 Å². The van der Waals surface area contributed by atoms with Crippen molar-refractivity contribution in [1.29, 1.82) is 0 Å². The molecule has 190 valence electrons. The first kappa shape index (κ1) is 27.5. The number of allylic oxidation sites excluding steroid dienone is 1. The summed E-state index contributed by atoms with van der Waals surface area (Å²) in [5.41, 5.74) is 2.29. The molecule has 0 saturated carbocycles. The Morgan fingerprint density at radius 3 is 2.44 bits per heavy atom. The van der Waals surface area contributed by atoms with Crippen LogP contribution in [-0.2, 0) is 11.3 Å². The van der Waals surface area contributed by atoms with E-state index in [1.807, 2.05) is 42.7 Å². The van der Waals surface area contributed by atoms with E-state index >= 15 is 0 Å². The van der Waals surface area contributed by atoms with Crippen LogP contribution in [0.15, 0.2) is 66.3 Å². The van der Waals surface area contributed by atoms with Crippen molar-refractivity contribution < 1.29 is 9.59 Å². The maximum atomic E-state index is 13.0. The molecule has 0 bridgehead atoms. The van der Waals surface area contributed by atoms with E-state index in [-0.39, 0.29) is 23.5 Å². The maximum absolute atomic E-state index is 13.0. The molecule has 36 heavy (non-hydrogen) atoms. The zero-order valence-electron chi connectivity index (χ0n) is 21.0. The van der Waals surface area contributed by atoms with Crippen LogP contribution in [0.25, 0.3) is 0 Å². The molecular weight excluding hydrogens is 494 g/mol. The van der Waals surface area contributed by atoms with Gasteiger partial charge in [0.25, 0.3) is 5.91 Å². The molecule has 1 heterocycles. The Bertz CT molecular complexity index is 1220. The topological polar surface area (TPSA) is 88.9 Å². The van der Waals surface area contributed by atoms with E-state index in [0.717, 1.165) is 11.3 Å². The van der Waals surface area contributed by atoms with Gasteiger partial charge in [0, 0.05) is 12.2 Å². The fraction of sp³-hybridized carbons (Fsp3) is 0.333. The van der Waals surface area contributed by atoms with Gasteiger partial charge in [-0.1, -0.05) is 87.5 Å². The number of nitrogens with zero attached hydrogens (tertiary/aromatic N) is 3. The molecule has 9 heteroatoms. The lowest BCUT2D eigenvalue weighted by Gasteiger charge is -2.23. The van der Waals surface area contributed by atoms with Gasteiger partial charge in [-0.15, -0.1) is 16.8 Å². The number of rotatable bonds is 11. The van der Waals surface area contributed by atoms with Crippen molar-refractivity contribution in [2.75, 3.05) is 11.1 Å². The van der Waals surface area contributed by atoms with Crippen molar-refractivity contribution >= 4 is 40.9 Å². The summed E-state index contributed by atoms with van der Waals surface area (Å²) >= 11 is 7.51. The van der Waals surface area contributed by atoms with Crippen LogP contribution in [0.1, 0.15) is 61.4 Å². The predicted molar refractivity (Wildman–Crippen MR) is 147 cm³/mol. The van der Waals surface area contributed by atoms with Crippen LogP contribution in [0.4, 0.5) is 5.69 Å². The molecule has 2 N–H and O–H groups in total. The highest BCUT2D eigenvalue weighted by molar-refractivity contribution is 7.99. The third-order valence-corrected chi connectivity index (χ3v) is 6.89. The summed E-state index contributed by atoms with van der Waals surface area (Å²) in [6, 6.07) is 14.3.